The number of hydrogen-bond donors (Lipinski definition) is 2. The predicted octanol–water partition coefficient (Wildman–Crippen LogP) is 1.44. The number of anilines is 2. The molecule has 0 saturated heterocycles. The van der Waals surface area contributed by atoms with Gasteiger partial charge in [-0.1, -0.05) is 12.1 Å². The maximum Gasteiger partial charge on any atom is 0.282 e. The lowest BCUT2D eigenvalue weighted by Crippen LogP contribution is -2.16. The molecular formula is C18H22N6O2. The highest BCUT2D eigenvalue weighted by atomic mass is 16.5. The summed E-state index contributed by atoms with van der Waals surface area (Å²) in [4.78, 5) is 26.6. The third-order valence-corrected chi connectivity index (χ3v) is 4.04. The number of carbonyl (C=O) groups excluding carboxylic acids is 1. The van der Waals surface area contributed by atoms with E-state index in [1.807, 2.05) is 43.3 Å². The molecule has 3 N–H and O–H groups in total. The Morgan fingerprint density at radius 2 is 2.04 bits per heavy atom. The van der Waals surface area contributed by atoms with Crippen LogP contribution in [0.25, 0.3) is 0 Å². The van der Waals surface area contributed by atoms with E-state index in [1.165, 1.54) is 11.8 Å². The summed E-state index contributed by atoms with van der Waals surface area (Å²) in [7, 11) is 3.73. The van der Waals surface area contributed by atoms with Crippen molar-refractivity contribution in [1.29, 1.82) is 0 Å². The van der Waals surface area contributed by atoms with Gasteiger partial charge in [-0.05, 0) is 30.5 Å². The zero-order valence-corrected chi connectivity index (χ0v) is 14.8. The molecule has 1 atom stereocenters. The molecule has 0 bridgehead atoms. The average Bonchev–Trinajstić information content (AvgIpc) is 3.06. The van der Waals surface area contributed by atoms with E-state index < -0.39 is 0 Å². The summed E-state index contributed by atoms with van der Waals surface area (Å²) in [6.07, 6.45) is 4.78. The minimum Gasteiger partial charge on any atom is -0.463 e. The van der Waals surface area contributed by atoms with Gasteiger partial charge in [0.05, 0.1) is 18.4 Å². The van der Waals surface area contributed by atoms with Crippen LogP contribution in [0.2, 0.25) is 0 Å². The summed E-state index contributed by atoms with van der Waals surface area (Å²) in [6, 6.07) is 8.11. The van der Waals surface area contributed by atoms with E-state index in [4.69, 9.17) is 10.5 Å². The molecule has 1 aliphatic rings. The molecule has 3 rings (SSSR count). The Bertz CT molecular complexity index is 786. The Balaban J connectivity index is 1.54. The van der Waals surface area contributed by atoms with Gasteiger partial charge < -0.3 is 20.7 Å². The Labute approximate surface area is 152 Å². The van der Waals surface area contributed by atoms with Gasteiger partial charge in [-0.2, -0.15) is 0 Å². The second-order valence-electron chi connectivity index (χ2n) is 6.28. The number of nitrogens with one attached hydrogen (secondary N) is 1. The zero-order chi connectivity index (χ0) is 18.5. The number of nitrogens with zero attached hydrogens (tertiary/aromatic N) is 4. The molecule has 8 nitrogen and oxygen atoms in total. The summed E-state index contributed by atoms with van der Waals surface area (Å²) in [5, 5.41) is 2.82. The third-order valence-electron chi connectivity index (χ3n) is 4.04. The van der Waals surface area contributed by atoms with Gasteiger partial charge in [0.25, 0.3) is 11.9 Å². The number of benzene rings is 1. The van der Waals surface area contributed by atoms with Gasteiger partial charge in [-0.3, -0.25) is 4.79 Å². The van der Waals surface area contributed by atoms with Crippen molar-refractivity contribution in [1.82, 2.24) is 9.97 Å². The number of amidine groups is 1. The smallest absolute Gasteiger partial charge is 0.282 e. The number of aromatic nitrogens is 2. The summed E-state index contributed by atoms with van der Waals surface area (Å²) in [5.41, 5.74) is 7.66. The van der Waals surface area contributed by atoms with Gasteiger partial charge in [0.15, 0.2) is 0 Å². The summed E-state index contributed by atoms with van der Waals surface area (Å²) >= 11 is 0. The zero-order valence-electron chi connectivity index (χ0n) is 14.8. The molecule has 136 valence electrons. The lowest BCUT2D eigenvalue weighted by atomic mass is 10.1. The molecule has 0 aliphatic carbocycles. The molecule has 1 aliphatic heterocycles. The van der Waals surface area contributed by atoms with Crippen LogP contribution >= 0.6 is 0 Å². The fourth-order valence-corrected chi connectivity index (χ4v) is 2.54. The molecule has 1 aromatic carbocycles. The second-order valence-corrected chi connectivity index (χ2v) is 6.28. The molecule has 1 amide bonds. The van der Waals surface area contributed by atoms with E-state index in [-0.39, 0.29) is 23.7 Å². The summed E-state index contributed by atoms with van der Waals surface area (Å²) in [5.74, 6) is 0.410. The van der Waals surface area contributed by atoms with Crippen molar-refractivity contribution >= 4 is 23.4 Å². The quantitative estimate of drug-likeness (QED) is 0.813. The molecule has 8 heteroatoms. The number of ether oxygens (including phenoxy) is 1. The van der Waals surface area contributed by atoms with Crippen LogP contribution in [0.1, 0.15) is 22.5 Å². The van der Waals surface area contributed by atoms with Crippen molar-refractivity contribution in [3.05, 3.63) is 47.9 Å². The first kappa shape index (κ1) is 17.7. The Kier molecular flexibility index (Phi) is 5.31. The fourth-order valence-electron chi connectivity index (χ4n) is 2.54. The van der Waals surface area contributed by atoms with Crippen LogP contribution in [0.5, 0.6) is 0 Å². The van der Waals surface area contributed by atoms with Gasteiger partial charge in [-0.15, -0.1) is 0 Å². The highest BCUT2D eigenvalue weighted by Crippen LogP contribution is 2.15. The molecule has 0 radical (unpaired) electrons. The average molecular weight is 354 g/mol. The first-order chi connectivity index (χ1) is 12.5. The molecule has 0 spiro atoms. The van der Waals surface area contributed by atoms with Crippen LogP contribution < -0.4 is 16.0 Å². The van der Waals surface area contributed by atoms with E-state index in [2.05, 4.69) is 20.3 Å². The molecular weight excluding hydrogens is 332 g/mol. The Hall–Kier alpha value is -3.16. The predicted molar refractivity (Wildman–Crippen MR) is 100 cm³/mol. The number of aryl methyl sites for hydroxylation is 1. The van der Waals surface area contributed by atoms with Gasteiger partial charge in [0.1, 0.15) is 18.1 Å². The van der Waals surface area contributed by atoms with Gasteiger partial charge in [-0.25, -0.2) is 15.0 Å². The van der Waals surface area contributed by atoms with Crippen molar-refractivity contribution in [3.8, 4) is 0 Å². The normalized spacial score (nSPS) is 15.9. The Morgan fingerprint density at radius 3 is 2.62 bits per heavy atom. The molecule has 1 aromatic heterocycles. The van der Waals surface area contributed by atoms with Crippen LogP contribution in [-0.2, 0) is 11.2 Å². The van der Waals surface area contributed by atoms with Crippen LogP contribution in [0.4, 0.5) is 11.5 Å². The number of amides is 1. The first-order valence-corrected chi connectivity index (χ1v) is 8.37. The number of hydrogen-bond acceptors (Lipinski definition) is 7. The molecule has 2 aromatic rings. The SMILES string of the molecule is CN(C)c1cnc(C(=O)Nc2ccc(CC[C@H]3COC(N)=N3)cc2)cn1. The highest BCUT2D eigenvalue weighted by molar-refractivity contribution is 6.02. The van der Waals surface area contributed by atoms with E-state index in [1.54, 1.807) is 6.20 Å². The van der Waals surface area contributed by atoms with Crippen LogP contribution in [-0.4, -0.2) is 48.6 Å². The van der Waals surface area contributed by atoms with Crippen molar-refractivity contribution in [2.24, 2.45) is 10.7 Å². The van der Waals surface area contributed by atoms with Crippen molar-refractivity contribution in [3.63, 3.8) is 0 Å². The lowest BCUT2D eigenvalue weighted by Gasteiger charge is -2.11. The summed E-state index contributed by atoms with van der Waals surface area (Å²) in [6.45, 7) is 0.549. The second kappa shape index (κ2) is 7.81. The topological polar surface area (TPSA) is 106 Å². The molecule has 2 heterocycles. The van der Waals surface area contributed by atoms with Crippen molar-refractivity contribution in [2.75, 3.05) is 30.9 Å². The van der Waals surface area contributed by atoms with E-state index in [0.717, 1.165) is 12.8 Å². The van der Waals surface area contributed by atoms with Gasteiger partial charge >= 0.3 is 0 Å². The van der Waals surface area contributed by atoms with Gasteiger partial charge in [0.2, 0.25) is 0 Å². The van der Waals surface area contributed by atoms with Crippen LogP contribution in [0, 0.1) is 0 Å². The number of rotatable bonds is 6. The highest BCUT2D eigenvalue weighted by Gasteiger charge is 2.16. The summed E-state index contributed by atoms with van der Waals surface area (Å²) < 4.78 is 5.15. The monoisotopic (exact) mass is 354 g/mol. The standard InChI is InChI=1S/C18H22N6O2/c1-24(2)16-10-20-15(9-21-16)17(25)22-13-6-3-12(4-7-13)5-8-14-11-26-18(19)23-14/h3-4,6-7,9-10,14H,5,8,11H2,1-2H3,(H2,19,23)(H,22,25)/t14-/m0/s1. The minimum atomic E-state index is -0.288. The van der Waals surface area contributed by atoms with Crippen molar-refractivity contribution < 1.29 is 9.53 Å². The molecule has 0 saturated carbocycles. The first-order valence-electron chi connectivity index (χ1n) is 8.37. The largest absolute Gasteiger partial charge is 0.463 e. The Morgan fingerprint density at radius 1 is 1.27 bits per heavy atom. The third kappa shape index (κ3) is 4.47. The molecule has 0 fully saturated rings. The maximum atomic E-state index is 12.2. The van der Waals surface area contributed by atoms with E-state index in [9.17, 15) is 4.79 Å². The number of aliphatic imine (C=N–C) groups is 1. The minimum absolute atomic E-state index is 0.123. The van der Waals surface area contributed by atoms with Crippen molar-refractivity contribution in [2.45, 2.75) is 18.9 Å². The number of carbonyl (C=O) groups is 1. The van der Waals surface area contributed by atoms with Crippen LogP contribution in [0.3, 0.4) is 0 Å². The molecule has 0 unspecified atom stereocenters. The number of nitrogens with two attached hydrogens (primary N) is 1. The van der Waals surface area contributed by atoms with E-state index in [0.29, 0.717) is 18.1 Å². The van der Waals surface area contributed by atoms with E-state index >= 15 is 0 Å². The lowest BCUT2D eigenvalue weighted by molar-refractivity contribution is 0.102. The fraction of sp³-hybridized carbons (Fsp3) is 0.333. The van der Waals surface area contributed by atoms with Gasteiger partial charge in [0, 0.05) is 19.8 Å². The molecule has 26 heavy (non-hydrogen) atoms. The van der Waals surface area contributed by atoms with Crippen LogP contribution in [0.15, 0.2) is 41.7 Å². The maximum absolute atomic E-state index is 12.2.